The van der Waals surface area contributed by atoms with Crippen molar-refractivity contribution < 1.29 is 22.1 Å². The second-order valence-corrected chi connectivity index (χ2v) is 7.51. The Bertz CT molecular complexity index is 1100. The number of aryl methyl sites for hydroxylation is 1. The quantitative estimate of drug-likeness (QED) is 0.615. The maximum absolute atomic E-state index is 12.9. The fraction of sp³-hybridized carbons (Fsp3) is 0.0526. The van der Waals surface area contributed by atoms with Crippen LogP contribution < -0.4 is 10.0 Å². The van der Waals surface area contributed by atoms with Crippen LogP contribution >= 0.6 is 0 Å². The molecule has 0 saturated carbocycles. The number of nitrogens with one attached hydrogen (secondary N) is 2. The van der Waals surface area contributed by atoms with Gasteiger partial charge in [0.05, 0.1) is 4.90 Å². The van der Waals surface area contributed by atoms with Gasteiger partial charge in [0.25, 0.3) is 10.0 Å². The van der Waals surface area contributed by atoms with Crippen LogP contribution in [0.1, 0.15) is 11.3 Å². The molecule has 0 aliphatic carbocycles. The lowest BCUT2D eigenvalue weighted by Crippen LogP contribution is -2.13. The second kappa shape index (κ2) is 8.05. The molecule has 0 aliphatic heterocycles. The molecule has 0 fully saturated rings. The Morgan fingerprint density at radius 3 is 2.39 bits per heavy atom. The van der Waals surface area contributed by atoms with Gasteiger partial charge in [0.15, 0.2) is 5.82 Å². The summed E-state index contributed by atoms with van der Waals surface area (Å²) in [6.45, 7) is 1.65. The normalized spacial score (nSPS) is 11.5. The Hall–Kier alpha value is -3.46. The third-order valence-corrected chi connectivity index (χ3v) is 4.97. The van der Waals surface area contributed by atoms with Crippen LogP contribution in [-0.2, 0) is 14.8 Å². The number of anilines is 2. The van der Waals surface area contributed by atoms with Crippen LogP contribution in [0, 0.1) is 12.7 Å². The number of carbonyl (C=O) groups is 1. The van der Waals surface area contributed by atoms with E-state index in [1.54, 1.807) is 19.1 Å². The van der Waals surface area contributed by atoms with E-state index in [9.17, 15) is 17.6 Å². The van der Waals surface area contributed by atoms with Crippen molar-refractivity contribution in [2.75, 3.05) is 10.0 Å². The minimum atomic E-state index is -3.82. The molecule has 0 radical (unpaired) electrons. The van der Waals surface area contributed by atoms with Gasteiger partial charge in [-0.25, -0.2) is 12.8 Å². The highest BCUT2D eigenvalue weighted by Gasteiger charge is 2.16. The molecule has 2 aromatic carbocycles. The lowest BCUT2D eigenvalue weighted by molar-refractivity contribution is -0.111. The van der Waals surface area contributed by atoms with E-state index < -0.39 is 15.9 Å². The fourth-order valence-corrected chi connectivity index (χ4v) is 3.24. The molecule has 3 rings (SSSR count). The number of halogens is 1. The highest BCUT2D eigenvalue weighted by Crippen LogP contribution is 2.18. The third kappa shape index (κ3) is 5.04. The number of nitrogens with zero attached hydrogens (tertiary/aromatic N) is 1. The number of carbonyl (C=O) groups excluding carboxylic acids is 1. The van der Waals surface area contributed by atoms with Crippen molar-refractivity contribution in [2.45, 2.75) is 11.8 Å². The lowest BCUT2D eigenvalue weighted by atomic mass is 10.2. The third-order valence-electron chi connectivity index (χ3n) is 3.60. The molecule has 1 aromatic heterocycles. The summed E-state index contributed by atoms with van der Waals surface area (Å²) in [6.07, 6.45) is 2.84. The summed E-state index contributed by atoms with van der Waals surface area (Å²) < 4.78 is 44.6. The Morgan fingerprint density at radius 2 is 1.79 bits per heavy atom. The molecule has 3 aromatic rings. The van der Waals surface area contributed by atoms with Crippen LogP contribution in [0.3, 0.4) is 0 Å². The first kappa shape index (κ1) is 19.3. The molecule has 0 atom stereocenters. The van der Waals surface area contributed by atoms with E-state index in [1.165, 1.54) is 54.6 Å². The SMILES string of the molecule is Cc1cc(NS(=O)(=O)c2ccc(NC(=O)C=Cc3ccc(F)cc3)cc2)no1. The van der Waals surface area contributed by atoms with Crippen LogP contribution in [0.15, 0.2) is 70.1 Å². The van der Waals surface area contributed by atoms with Crippen LogP contribution in [0.25, 0.3) is 6.08 Å². The fourth-order valence-electron chi connectivity index (χ4n) is 2.26. The maximum atomic E-state index is 12.9. The Labute approximate surface area is 160 Å². The number of sulfonamides is 1. The summed E-state index contributed by atoms with van der Waals surface area (Å²) in [4.78, 5) is 12.0. The number of benzene rings is 2. The zero-order valence-electron chi connectivity index (χ0n) is 14.7. The number of aromatic nitrogens is 1. The van der Waals surface area contributed by atoms with Gasteiger partial charge in [-0.2, -0.15) is 0 Å². The van der Waals surface area contributed by atoms with E-state index in [4.69, 9.17) is 4.52 Å². The zero-order chi connectivity index (χ0) is 20.1. The number of hydrogen-bond donors (Lipinski definition) is 2. The van der Waals surface area contributed by atoms with E-state index in [-0.39, 0.29) is 16.5 Å². The van der Waals surface area contributed by atoms with Gasteiger partial charge in [-0.3, -0.25) is 9.52 Å². The first-order valence-corrected chi connectivity index (χ1v) is 9.61. The minimum Gasteiger partial charge on any atom is -0.360 e. The monoisotopic (exact) mass is 401 g/mol. The van der Waals surface area contributed by atoms with Gasteiger partial charge in [-0.05, 0) is 55.0 Å². The molecular formula is C19H16FN3O4S. The van der Waals surface area contributed by atoms with E-state index in [0.717, 1.165) is 0 Å². The van der Waals surface area contributed by atoms with Gasteiger partial charge in [-0.1, -0.05) is 17.3 Å². The predicted octanol–water partition coefficient (Wildman–Crippen LogP) is 3.57. The van der Waals surface area contributed by atoms with Crippen LogP contribution in [-0.4, -0.2) is 19.5 Å². The molecule has 7 nitrogen and oxygen atoms in total. The van der Waals surface area contributed by atoms with E-state index in [1.807, 2.05) is 0 Å². The molecule has 9 heteroatoms. The summed E-state index contributed by atoms with van der Waals surface area (Å²) in [5.41, 5.74) is 1.09. The van der Waals surface area contributed by atoms with Crippen LogP contribution in [0.4, 0.5) is 15.9 Å². The molecule has 1 heterocycles. The summed E-state index contributed by atoms with van der Waals surface area (Å²) in [6, 6.07) is 12.8. The molecule has 0 unspecified atom stereocenters. The van der Waals surface area contributed by atoms with E-state index >= 15 is 0 Å². The standard InChI is InChI=1S/C19H16FN3O4S/c1-13-12-18(22-27-13)23-28(25,26)17-9-7-16(8-10-17)21-19(24)11-4-14-2-5-15(20)6-3-14/h2-12H,1H3,(H,21,24)(H,22,23). The Balaban J connectivity index is 1.63. The average Bonchev–Trinajstić information content (AvgIpc) is 3.06. The van der Waals surface area contributed by atoms with Gasteiger partial charge in [-0.15, -0.1) is 0 Å². The van der Waals surface area contributed by atoms with Gasteiger partial charge in [0.2, 0.25) is 5.91 Å². The number of rotatable bonds is 6. The number of amides is 1. The first-order valence-electron chi connectivity index (χ1n) is 8.13. The van der Waals surface area contributed by atoms with Gasteiger partial charge in [0.1, 0.15) is 11.6 Å². The first-order chi connectivity index (χ1) is 13.3. The van der Waals surface area contributed by atoms with Crippen molar-refractivity contribution in [1.82, 2.24) is 5.16 Å². The van der Waals surface area contributed by atoms with Crippen LogP contribution in [0.2, 0.25) is 0 Å². The van der Waals surface area contributed by atoms with Crippen molar-refractivity contribution in [2.24, 2.45) is 0 Å². The summed E-state index contributed by atoms with van der Waals surface area (Å²) in [7, 11) is -3.82. The van der Waals surface area contributed by atoms with Gasteiger partial charge < -0.3 is 9.84 Å². The maximum Gasteiger partial charge on any atom is 0.263 e. The average molecular weight is 401 g/mol. The highest BCUT2D eigenvalue weighted by molar-refractivity contribution is 7.92. The van der Waals surface area contributed by atoms with Gasteiger partial charge >= 0.3 is 0 Å². The molecule has 0 bridgehead atoms. The molecule has 1 amide bonds. The molecule has 0 spiro atoms. The van der Waals surface area contributed by atoms with Crippen molar-refractivity contribution in [3.8, 4) is 0 Å². The predicted molar refractivity (Wildman–Crippen MR) is 103 cm³/mol. The second-order valence-electron chi connectivity index (χ2n) is 5.83. The summed E-state index contributed by atoms with van der Waals surface area (Å²) in [5.74, 6) is -0.203. The molecule has 144 valence electrons. The highest BCUT2D eigenvalue weighted by atomic mass is 32.2. The Morgan fingerprint density at radius 1 is 1.11 bits per heavy atom. The van der Waals surface area contributed by atoms with E-state index in [2.05, 4.69) is 15.2 Å². The lowest BCUT2D eigenvalue weighted by Gasteiger charge is -2.06. The molecule has 0 saturated heterocycles. The molecular weight excluding hydrogens is 385 g/mol. The van der Waals surface area contributed by atoms with E-state index in [0.29, 0.717) is 17.0 Å². The van der Waals surface area contributed by atoms with Crippen molar-refractivity contribution in [1.29, 1.82) is 0 Å². The molecule has 2 N–H and O–H groups in total. The Kier molecular flexibility index (Phi) is 5.55. The smallest absolute Gasteiger partial charge is 0.263 e. The molecule has 28 heavy (non-hydrogen) atoms. The minimum absolute atomic E-state index is 0.00741. The largest absolute Gasteiger partial charge is 0.360 e. The van der Waals surface area contributed by atoms with Crippen molar-refractivity contribution in [3.05, 3.63) is 77.8 Å². The zero-order valence-corrected chi connectivity index (χ0v) is 15.5. The summed E-state index contributed by atoms with van der Waals surface area (Å²) >= 11 is 0. The van der Waals surface area contributed by atoms with Gasteiger partial charge in [0, 0.05) is 17.8 Å². The van der Waals surface area contributed by atoms with Crippen molar-refractivity contribution in [3.63, 3.8) is 0 Å². The topological polar surface area (TPSA) is 101 Å². The molecule has 0 aliphatic rings. The summed E-state index contributed by atoms with van der Waals surface area (Å²) in [5, 5.41) is 6.20. The number of hydrogen-bond acceptors (Lipinski definition) is 5. The van der Waals surface area contributed by atoms with Crippen molar-refractivity contribution >= 4 is 33.5 Å². The van der Waals surface area contributed by atoms with Crippen LogP contribution in [0.5, 0.6) is 0 Å².